The van der Waals surface area contributed by atoms with Crippen LogP contribution in [0.4, 0.5) is 0 Å². The molecule has 2 atom stereocenters. The second-order valence-electron chi connectivity index (χ2n) is 2.45. The summed E-state index contributed by atoms with van der Waals surface area (Å²) in [5, 5.41) is 18.8. The van der Waals surface area contributed by atoms with E-state index in [2.05, 4.69) is 22.9 Å². The summed E-state index contributed by atoms with van der Waals surface area (Å²) in [6, 6.07) is 0. The van der Waals surface area contributed by atoms with E-state index in [1.165, 1.54) is 0 Å². The van der Waals surface area contributed by atoms with Crippen molar-refractivity contribution in [3.8, 4) is 0 Å². The standard InChI is InChI=1S/C5H9I2NO2/c6-5(10)1-2-8(7)3-4(5)9/h4,9-10H,1-3H2. The van der Waals surface area contributed by atoms with Crippen molar-refractivity contribution >= 4 is 45.5 Å². The molecule has 1 aliphatic heterocycles. The predicted octanol–water partition coefficient (Wildman–Crippen LogP) is 0.527. The summed E-state index contributed by atoms with van der Waals surface area (Å²) in [6.45, 7) is 1.40. The van der Waals surface area contributed by atoms with Crippen LogP contribution in [0.3, 0.4) is 0 Å². The minimum absolute atomic E-state index is 0.556. The molecule has 0 aromatic heterocycles. The molecule has 1 aliphatic rings. The molecule has 0 aromatic rings. The summed E-state index contributed by atoms with van der Waals surface area (Å²) in [5.74, 6) is 0. The van der Waals surface area contributed by atoms with Crippen LogP contribution < -0.4 is 0 Å². The first-order valence-electron chi connectivity index (χ1n) is 3.02. The Balaban J connectivity index is 2.52. The highest BCUT2D eigenvalue weighted by molar-refractivity contribution is 14.1. The lowest BCUT2D eigenvalue weighted by molar-refractivity contribution is -0.0261. The summed E-state index contributed by atoms with van der Waals surface area (Å²) in [6.07, 6.45) is 0.0243. The first kappa shape index (κ1) is 9.43. The van der Waals surface area contributed by atoms with Crippen LogP contribution in [0.15, 0.2) is 0 Å². The van der Waals surface area contributed by atoms with E-state index in [-0.39, 0.29) is 0 Å². The SMILES string of the molecule is OC1CN(I)CCC1(O)I. The monoisotopic (exact) mass is 369 g/mol. The minimum atomic E-state index is -0.903. The van der Waals surface area contributed by atoms with Crippen molar-refractivity contribution < 1.29 is 10.2 Å². The normalized spacial score (nSPS) is 43.8. The van der Waals surface area contributed by atoms with Gasteiger partial charge in [-0.15, -0.1) is 0 Å². The Kier molecular flexibility index (Phi) is 3.19. The molecule has 1 fully saturated rings. The van der Waals surface area contributed by atoms with Crippen LogP contribution in [0.1, 0.15) is 6.42 Å². The number of β-amino-alcohol motifs (C(OH)–C–C–N with tert-alkyl or cyclic N) is 1. The Morgan fingerprint density at radius 3 is 2.60 bits per heavy atom. The number of hydrogen-bond donors (Lipinski definition) is 2. The van der Waals surface area contributed by atoms with Gasteiger partial charge in [0.1, 0.15) is 9.71 Å². The van der Waals surface area contributed by atoms with Crippen LogP contribution in [0.5, 0.6) is 0 Å². The molecule has 10 heavy (non-hydrogen) atoms. The predicted molar refractivity (Wildman–Crippen MR) is 55.2 cm³/mol. The maximum atomic E-state index is 9.47. The Morgan fingerprint density at radius 1 is 1.60 bits per heavy atom. The smallest absolute Gasteiger partial charge is 0.143 e. The Morgan fingerprint density at radius 2 is 2.20 bits per heavy atom. The maximum absolute atomic E-state index is 9.47. The van der Waals surface area contributed by atoms with Gasteiger partial charge < -0.3 is 10.2 Å². The first-order valence-corrected chi connectivity index (χ1v) is 5.07. The van der Waals surface area contributed by atoms with Gasteiger partial charge in [-0.2, -0.15) is 0 Å². The third kappa shape index (κ3) is 2.16. The molecule has 2 unspecified atom stereocenters. The summed E-state index contributed by atoms with van der Waals surface area (Å²) >= 11 is 4.05. The van der Waals surface area contributed by atoms with Crippen molar-refractivity contribution in [2.75, 3.05) is 13.1 Å². The van der Waals surface area contributed by atoms with Gasteiger partial charge in [0.05, 0.1) is 0 Å². The summed E-state index contributed by atoms with van der Waals surface area (Å²) in [5.41, 5.74) is 0. The highest BCUT2D eigenvalue weighted by Gasteiger charge is 2.37. The molecule has 1 heterocycles. The second-order valence-corrected chi connectivity index (χ2v) is 5.69. The van der Waals surface area contributed by atoms with Crippen molar-refractivity contribution in [3.63, 3.8) is 0 Å². The summed E-state index contributed by atoms with van der Waals surface area (Å²) < 4.78 is 1.08. The molecule has 0 aliphatic carbocycles. The maximum Gasteiger partial charge on any atom is 0.143 e. The van der Waals surface area contributed by atoms with E-state index in [1.54, 1.807) is 0 Å². The van der Waals surface area contributed by atoms with Gasteiger partial charge in [-0.1, -0.05) is 0 Å². The third-order valence-electron chi connectivity index (χ3n) is 1.59. The van der Waals surface area contributed by atoms with Gasteiger partial charge in [-0.05, 0) is 22.6 Å². The van der Waals surface area contributed by atoms with Crippen LogP contribution in [0.2, 0.25) is 0 Å². The molecular weight excluding hydrogens is 360 g/mol. The Hall–Kier alpha value is 1.34. The van der Waals surface area contributed by atoms with E-state index >= 15 is 0 Å². The van der Waals surface area contributed by atoms with Crippen LogP contribution in [0, 0.1) is 0 Å². The number of hydrogen-bond acceptors (Lipinski definition) is 3. The highest BCUT2D eigenvalue weighted by Crippen LogP contribution is 2.30. The van der Waals surface area contributed by atoms with E-state index in [1.807, 2.05) is 25.7 Å². The number of aliphatic hydroxyl groups excluding tert-OH is 1. The van der Waals surface area contributed by atoms with Crippen LogP contribution in [0.25, 0.3) is 0 Å². The molecule has 1 rings (SSSR count). The van der Waals surface area contributed by atoms with E-state index in [9.17, 15) is 10.2 Å². The summed E-state index contributed by atoms with van der Waals surface area (Å²) in [7, 11) is 0. The molecule has 0 amide bonds. The zero-order valence-electron chi connectivity index (χ0n) is 5.30. The summed E-state index contributed by atoms with van der Waals surface area (Å²) in [4.78, 5) is 0. The van der Waals surface area contributed by atoms with Crippen LogP contribution in [-0.4, -0.2) is 36.1 Å². The number of alkyl halides is 1. The molecule has 0 spiro atoms. The van der Waals surface area contributed by atoms with Gasteiger partial charge in [0.25, 0.3) is 0 Å². The zero-order chi connectivity index (χ0) is 7.78. The Labute approximate surface area is 87.4 Å². The largest absolute Gasteiger partial charge is 0.388 e. The molecular formula is C5H9I2NO2. The quantitative estimate of drug-likeness (QED) is 0.372. The van der Waals surface area contributed by atoms with Crippen molar-refractivity contribution in [2.45, 2.75) is 16.1 Å². The molecule has 2 N–H and O–H groups in total. The topological polar surface area (TPSA) is 43.7 Å². The minimum Gasteiger partial charge on any atom is -0.388 e. The number of nitrogens with zero attached hydrogens (tertiary/aromatic N) is 1. The van der Waals surface area contributed by atoms with Gasteiger partial charge in [0, 0.05) is 42.4 Å². The molecule has 3 nitrogen and oxygen atoms in total. The fourth-order valence-corrected chi connectivity index (χ4v) is 1.92. The van der Waals surface area contributed by atoms with E-state index in [4.69, 9.17) is 0 Å². The highest BCUT2D eigenvalue weighted by atomic mass is 127. The second kappa shape index (κ2) is 3.38. The van der Waals surface area contributed by atoms with Crippen molar-refractivity contribution in [1.82, 2.24) is 3.11 Å². The fraction of sp³-hybridized carbons (Fsp3) is 1.00. The number of halogens is 2. The third-order valence-corrected chi connectivity index (χ3v) is 3.72. The molecule has 60 valence electrons. The van der Waals surface area contributed by atoms with Gasteiger partial charge in [0.2, 0.25) is 0 Å². The van der Waals surface area contributed by atoms with Crippen molar-refractivity contribution in [3.05, 3.63) is 0 Å². The Bertz CT molecular complexity index is 131. The van der Waals surface area contributed by atoms with Gasteiger partial charge in [-0.3, -0.25) is 0 Å². The molecule has 0 bridgehead atoms. The van der Waals surface area contributed by atoms with E-state index < -0.39 is 9.71 Å². The first-order chi connectivity index (χ1) is 4.52. The number of aliphatic hydroxyl groups is 2. The van der Waals surface area contributed by atoms with E-state index in [0.29, 0.717) is 13.0 Å². The van der Waals surface area contributed by atoms with Crippen LogP contribution in [-0.2, 0) is 0 Å². The van der Waals surface area contributed by atoms with Gasteiger partial charge in [-0.25, -0.2) is 3.11 Å². The van der Waals surface area contributed by atoms with Gasteiger partial charge >= 0.3 is 0 Å². The van der Waals surface area contributed by atoms with Crippen LogP contribution >= 0.6 is 45.5 Å². The van der Waals surface area contributed by atoms with Crippen molar-refractivity contribution in [1.29, 1.82) is 0 Å². The lowest BCUT2D eigenvalue weighted by Gasteiger charge is -2.35. The zero-order valence-corrected chi connectivity index (χ0v) is 9.61. The lowest BCUT2D eigenvalue weighted by atomic mass is 10.1. The van der Waals surface area contributed by atoms with Gasteiger partial charge in [0.15, 0.2) is 0 Å². The molecule has 0 saturated carbocycles. The molecule has 5 heteroatoms. The number of piperidine rings is 1. The molecule has 1 saturated heterocycles. The number of rotatable bonds is 0. The fourth-order valence-electron chi connectivity index (χ4n) is 0.864. The molecule has 0 radical (unpaired) electrons. The average molecular weight is 369 g/mol. The van der Waals surface area contributed by atoms with Crippen molar-refractivity contribution in [2.24, 2.45) is 0 Å². The average Bonchev–Trinajstić information content (AvgIpc) is 1.81. The lowest BCUT2D eigenvalue weighted by Crippen LogP contribution is -2.48. The van der Waals surface area contributed by atoms with E-state index in [0.717, 1.165) is 6.54 Å². The molecule has 0 aromatic carbocycles.